The van der Waals surface area contributed by atoms with E-state index < -0.39 is 0 Å². The maximum absolute atomic E-state index is 4.97. The van der Waals surface area contributed by atoms with Crippen molar-refractivity contribution in [1.82, 2.24) is 4.98 Å². The number of pyridine rings is 1. The molecule has 47 valence electrons. The largest absolute Gasteiger partial charge is 0.496 e. The van der Waals surface area contributed by atoms with Crippen LogP contribution in [0.15, 0.2) is 12.3 Å². The Balaban J connectivity index is 3.01. The summed E-state index contributed by atoms with van der Waals surface area (Å²) < 4.78 is 4.97. The first-order valence-corrected chi connectivity index (χ1v) is 2.72. The van der Waals surface area contributed by atoms with Crippen LogP contribution in [0.5, 0.6) is 5.75 Å². The van der Waals surface area contributed by atoms with Gasteiger partial charge in [0.1, 0.15) is 5.75 Å². The molecule has 0 aromatic carbocycles. The predicted molar refractivity (Wildman–Crippen MR) is 34.4 cm³/mol. The molecule has 2 nitrogen and oxygen atoms in total. The minimum Gasteiger partial charge on any atom is -0.496 e. The van der Waals surface area contributed by atoms with E-state index >= 15 is 0 Å². The summed E-state index contributed by atoms with van der Waals surface area (Å²) in [5.74, 6) is 0.838. The van der Waals surface area contributed by atoms with Crippen LogP contribution in [-0.4, -0.2) is 12.1 Å². The lowest BCUT2D eigenvalue weighted by molar-refractivity contribution is 0.411. The molecule has 1 rings (SSSR count). The highest BCUT2D eigenvalue weighted by atomic mass is 16.5. The highest BCUT2D eigenvalue weighted by Crippen LogP contribution is 2.12. The van der Waals surface area contributed by atoms with Gasteiger partial charge in [-0.1, -0.05) is 0 Å². The van der Waals surface area contributed by atoms with Crippen molar-refractivity contribution in [2.75, 3.05) is 7.11 Å². The number of methoxy groups -OCH3 is 1. The van der Waals surface area contributed by atoms with E-state index in [0.717, 1.165) is 11.3 Å². The molecule has 0 unspecified atom stereocenters. The SMILES string of the molecule is COc1ccn[c]c1C. The molecule has 0 spiro atoms. The van der Waals surface area contributed by atoms with Gasteiger partial charge < -0.3 is 4.74 Å². The van der Waals surface area contributed by atoms with E-state index in [1.54, 1.807) is 13.3 Å². The Morgan fingerprint density at radius 1 is 1.67 bits per heavy atom. The standard InChI is InChI=1S/C7H8NO/c1-6-5-8-4-3-7(6)9-2/h3-4H,1-2H3. The minimum atomic E-state index is 0.838. The quantitative estimate of drug-likeness (QED) is 0.558. The molecule has 0 aliphatic rings. The summed E-state index contributed by atoms with van der Waals surface area (Å²) in [6, 6.07) is 1.81. The fourth-order valence-electron chi connectivity index (χ4n) is 0.640. The molecule has 9 heavy (non-hydrogen) atoms. The molecule has 1 heterocycles. The highest BCUT2D eigenvalue weighted by molar-refractivity contribution is 5.27. The predicted octanol–water partition coefficient (Wildman–Crippen LogP) is 1.20. The van der Waals surface area contributed by atoms with Crippen molar-refractivity contribution >= 4 is 0 Å². The highest BCUT2D eigenvalue weighted by Gasteiger charge is 1.92. The van der Waals surface area contributed by atoms with Gasteiger partial charge in [-0.3, -0.25) is 4.98 Å². The average Bonchev–Trinajstić information content (AvgIpc) is 1.89. The lowest BCUT2D eigenvalue weighted by Gasteiger charge is -1.99. The molecule has 2 heteroatoms. The first-order valence-electron chi connectivity index (χ1n) is 2.72. The maximum Gasteiger partial charge on any atom is 0.125 e. The van der Waals surface area contributed by atoms with Gasteiger partial charge in [0.15, 0.2) is 0 Å². The van der Waals surface area contributed by atoms with E-state index in [-0.39, 0.29) is 0 Å². The Bertz CT molecular complexity index is 198. The van der Waals surface area contributed by atoms with Crippen LogP contribution in [0.25, 0.3) is 0 Å². The summed E-state index contributed by atoms with van der Waals surface area (Å²) in [6.45, 7) is 1.91. The number of rotatable bonds is 1. The fraction of sp³-hybridized carbons (Fsp3) is 0.286. The third kappa shape index (κ3) is 1.19. The third-order valence-electron chi connectivity index (χ3n) is 1.12. The van der Waals surface area contributed by atoms with E-state index in [0.29, 0.717) is 0 Å². The van der Waals surface area contributed by atoms with Crippen molar-refractivity contribution in [1.29, 1.82) is 0 Å². The summed E-state index contributed by atoms with van der Waals surface area (Å²) in [4.78, 5) is 3.79. The molecule has 0 aliphatic heterocycles. The van der Waals surface area contributed by atoms with Crippen LogP contribution in [0.4, 0.5) is 0 Å². The Hall–Kier alpha value is -1.05. The van der Waals surface area contributed by atoms with Gasteiger partial charge in [-0.25, -0.2) is 0 Å². The molecule has 0 N–H and O–H groups in total. The van der Waals surface area contributed by atoms with Gasteiger partial charge in [0.2, 0.25) is 0 Å². The number of hydrogen-bond donors (Lipinski definition) is 0. The summed E-state index contributed by atoms with van der Waals surface area (Å²) in [7, 11) is 1.64. The molecule has 0 saturated heterocycles. The van der Waals surface area contributed by atoms with Crippen LogP contribution in [-0.2, 0) is 0 Å². The van der Waals surface area contributed by atoms with Crippen LogP contribution in [0.2, 0.25) is 0 Å². The van der Waals surface area contributed by atoms with Crippen molar-refractivity contribution < 1.29 is 4.74 Å². The van der Waals surface area contributed by atoms with Crippen LogP contribution < -0.4 is 4.74 Å². The molecule has 0 atom stereocenters. The summed E-state index contributed by atoms with van der Waals surface area (Å²) >= 11 is 0. The van der Waals surface area contributed by atoms with Gasteiger partial charge in [0.05, 0.1) is 13.3 Å². The van der Waals surface area contributed by atoms with Gasteiger partial charge in [-0.15, -0.1) is 0 Å². The van der Waals surface area contributed by atoms with Crippen molar-refractivity contribution in [3.05, 3.63) is 24.0 Å². The molecule has 0 aliphatic carbocycles. The topological polar surface area (TPSA) is 22.1 Å². The Morgan fingerprint density at radius 2 is 2.44 bits per heavy atom. The summed E-state index contributed by atoms with van der Waals surface area (Å²) in [5.41, 5.74) is 0.944. The van der Waals surface area contributed by atoms with Crippen molar-refractivity contribution in [2.24, 2.45) is 0 Å². The van der Waals surface area contributed by atoms with Gasteiger partial charge in [0.25, 0.3) is 0 Å². The lowest BCUT2D eigenvalue weighted by atomic mass is 10.3. The molecule has 1 aromatic rings. The number of aromatic nitrogens is 1. The molecule has 0 saturated carbocycles. The monoisotopic (exact) mass is 122 g/mol. The Morgan fingerprint density at radius 3 is 2.89 bits per heavy atom. The molecule has 1 radical (unpaired) electrons. The number of ether oxygens (including phenoxy) is 1. The Kier molecular flexibility index (Phi) is 1.68. The first kappa shape index (κ1) is 6.08. The number of hydrogen-bond acceptors (Lipinski definition) is 2. The van der Waals surface area contributed by atoms with Crippen molar-refractivity contribution in [3.8, 4) is 5.75 Å². The molecular formula is C7H8NO. The Labute approximate surface area is 54.5 Å². The zero-order valence-corrected chi connectivity index (χ0v) is 5.51. The maximum atomic E-state index is 4.97. The van der Waals surface area contributed by atoms with Crippen molar-refractivity contribution in [2.45, 2.75) is 6.92 Å². The molecule has 0 fully saturated rings. The minimum absolute atomic E-state index is 0.838. The second kappa shape index (κ2) is 2.49. The molecule has 0 bridgehead atoms. The van der Waals surface area contributed by atoms with Crippen LogP contribution in [0.3, 0.4) is 0 Å². The smallest absolute Gasteiger partial charge is 0.125 e. The third-order valence-corrected chi connectivity index (χ3v) is 1.12. The van der Waals surface area contributed by atoms with E-state index in [1.165, 1.54) is 0 Å². The van der Waals surface area contributed by atoms with E-state index in [1.807, 2.05) is 13.0 Å². The van der Waals surface area contributed by atoms with E-state index in [9.17, 15) is 0 Å². The second-order valence-corrected chi connectivity index (χ2v) is 1.75. The van der Waals surface area contributed by atoms with Crippen LogP contribution >= 0.6 is 0 Å². The lowest BCUT2D eigenvalue weighted by Crippen LogP contribution is -1.86. The zero-order chi connectivity index (χ0) is 6.69. The van der Waals surface area contributed by atoms with Crippen molar-refractivity contribution in [3.63, 3.8) is 0 Å². The van der Waals surface area contributed by atoms with E-state index in [4.69, 9.17) is 4.74 Å². The van der Waals surface area contributed by atoms with Crippen LogP contribution in [0.1, 0.15) is 5.56 Å². The zero-order valence-electron chi connectivity index (χ0n) is 5.51. The normalized spacial score (nSPS) is 9.11. The van der Waals surface area contributed by atoms with Gasteiger partial charge in [-0.2, -0.15) is 0 Å². The summed E-state index contributed by atoms with van der Waals surface area (Å²) in [5, 5.41) is 0. The van der Waals surface area contributed by atoms with E-state index in [2.05, 4.69) is 11.2 Å². The van der Waals surface area contributed by atoms with Gasteiger partial charge in [-0.05, 0) is 13.0 Å². The first-order chi connectivity index (χ1) is 4.34. The fourth-order valence-corrected chi connectivity index (χ4v) is 0.640. The van der Waals surface area contributed by atoms with Crippen LogP contribution in [0, 0.1) is 13.1 Å². The molecule has 1 aromatic heterocycles. The van der Waals surface area contributed by atoms with Gasteiger partial charge in [0, 0.05) is 11.8 Å². The molecule has 0 amide bonds. The molecular weight excluding hydrogens is 114 g/mol. The van der Waals surface area contributed by atoms with Gasteiger partial charge >= 0.3 is 0 Å². The second-order valence-electron chi connectivity index (χ2n) is 1.75. The summed E-state index contributed by atoms with van der Waals surface area (Å²) in [6.07, 6.45) is 4.43. The average molecular weight is 122 g/mol. The number of nitrogens with zero attached hydrogens (tertiary/aromatic N) is 1. The number of aryl methyl sites for hydroxylation is 1.